The first-order valence-electron chi connectivity index (χ1n) is 5.60. The zero-order valence-electron chi connectivity index (χ0n) is 9.98. The summed E-state index contributed by atoms with van der Waals surface area (Å²) >= 11 is 2.18. The van der Waals surface area contributed by atoms with Crippen molar-refractivity contribution in [2.24, 2.45) is 0 Å². The maximum Gasteiger partial charge on any atom is 0.229 e. The third kappa shape index (κ3) is 3.80. The second-order valence-corrected chi connectivity index (χ2v) is 5.32. The summed E-state index contributed by atoms with van der Waals surface area (Å²) in [6, 6.07) is 11.7. The molecular weight excluding hydrogens is 339 g/mol. The number of carbonyl (C=O) groups is 1. The Hall–Kier alpha value is -1.43. The van der Waals surface area contributed by atoms with Crippen molar-refractivity contribution < 1.29 is 4.79 Å². The highest BCUT2D eigenvalue weighted by atomic mass is 127. The molecule has 3 nitrogen and oxygen atoms in total. The number of amides is 1. The average Bonchev–Trinajstić information content (AvgIpc) is 2.35. The van der Waals surface area contributed by atoms with Crippen molar-refractivity contribution in [3.05, 3.63) is 57.3 Å². The van der Waals surface area contributed by atoms with Gasteiger partial charge in [-0.3, -0.25) is 4.79 Å². The average molecular weight is 352 g/mol. The Labute approximate surface area is 120 Å². The smallest absolute Gasteiger partial charge is 0.229 e. The number of nitrogens with one attached hydrogen (secondary N) is 1. The van der Waals surface area contributed by atoms with E-state index in [0.29, 0.717) is 12.2 Å². The number of halogens is 1. The molecule has 92 valence electrons. The highest BCUT2D eigenvalue weighted by Gasteiger charge is 2.04. The lowest BCUT2D eigenvalue weighted by molar-refractivity contribution is -0.115. The molecule has 0 atom stereocenters. The first-order chi connectivity index (χ1) is 8.63. The molecule has 1 N–H and O–H groups in total. The summed E-state index contributed by atoms with van der Waals surface area (Å²) < 4.78 is 1.05. The van der Waals surface area contributed by atoms with Crippen LogP contribution in [0.2, 0.25) is 0 Å². The van der Waals surface area contributed by atoms with Gasteiger partial charge in [-0.2, -0.15) is 0 Å². The molecule has 0 aliphatic carbocycles. The molecule has 0 saturated carbocycles. The fraction of sp³-hybridized carbons (Fsp3) is 0.143. The molecule has 2 rings (SSSR count). The molecular formula is C14H13IN2O. The van der Waals surface area contributed by atoms with Gasteiger partial charge in [0.15, 0.2) is 0 Å². The van der Waals surface area contributed by atoms with E-state index in [0.717, 1.165) is 9.13 Å². The number of nitrogens with zero attached hydrogens (tertiary/aromatic N) is 1. The monoisotopic (exact) mass is 352 g/mol. The van der Waals surface area contributed by atoms with Crippen LogP contribution in [0.25, 0.3) is 0 Å². The number of benzene rings is 1. The van der Waals surface area contributed by atoms with E-state index in [1.807, 2.05) is 37.3 Å². The van der Waals surface area contributed by atoms with E-state index in [1.54, 1.807) is 12.3 Å². The second-order valence-electron chi connectivity index (χ2n) is 4.07. The van der Waals surface area contributed by atoms with Gasteiger partial charge in [-0.25, -0.2) is 4.98 Å². The first-order valence-corrected chi connectivity index (χ1v) is 6.68. The molecule has 0 saturated heterocycles. The zero-order valence-corrected chi connectivity index (χ0v) is 12.1. The summed E-state index contributed by atoms with van der Waals surface area (Å²) in [5.74, 6) is 0.542. The molecule has 18 heavy (non-hydrogen) atoms. The van der Waals surface area contributed by atoms with Crippen molar-refractivity contribution >= 4 is 34.3 Å². The molecule has 0 aliphatic rings. The van der Waals surface area contributed by atoms with Gasteiger partial charge < -0.3 is 5.32 Å². The van der Waals surface area contributed by atoms with Crippen LogP contribution in [0.3, 0.4) is 0 Å². The van der Waals surface area contributed by atoms with Gasteiger partial charge in [-0.05, 0) is 47.2 Å². The molecule has 0 spiro atoms. The fourth-order valence-corrected chi connectivity index (χ4v) is 1.85. The molecule has 0 unspecified atom stereocenters. The Balaban J connectivity index is 1.96. The largest absolute Gasteiger partial charge is 0.310 e. The third-order valence-electron chi connectivity index (χ3n) is 2.48. The molecule has 0 bridgehead atoms. The van der Waals surface area contributed by atoms with Gasteiger partial charge in [0.2, 0.25) is 5.91 Å². The van der Waals surface area contributed by atoms with Crippen LogP contribution in [0, 0.1) is 10.5 Å². The maximum atomic E-state index is 11.8. The SMILES string of the molecule is Cc1ccc(CC(=O)Nc2ccc(I)cn2)cc1. The van der Waals surface area contributed by atoms with Crippen molar-refractivity contribution in [2.75, 3.05) is 5.32 Å². The summed E-state index contributed by atoms with van der Waals surface area (Å²) in [6.45, 7) is 2.03. The summed E-state index contributed by atoms with van der Waals surface area (Å²) in [5.41, 5.74) is 2.20. The van der Waals surface area contributed by atoms with E-state index in [-0.39, 0.29) is 5.91 Å². The van der Waals surface area contributed by atoms with Crippen LogP contribution in [-0.4, -0.2) is 10.9 Å². The van der Waals surface area contributed by atoms with E-state index in [9.17, 15) is 4.79 Å². The minimum atomic E-state index is -0.0486. The number of carbonyl (C=O) groups excluding carboxylic acids is 1. The second kappa shape index (κ2) is 5.95. The molecule has 0 fully saturated rings. The van der Waals surface area contributed by atoms with Crippen molar-refractivity contribution in [2.45, 2.75) is 13.3 Å². The summed E-state index contributed by atoms with van der Waals surface area (Å²) in [6.07, 6.45) is 2.09. The number of anilines is 1. The van der Waals surface area contributed by atoms with Gasteiger partial charge >= 0.3 is 0 Å². The van der Waals surface area contributed by atoms with Gasteiger partial charge in [0, 0.05) is 9.77 Å². The molecule has 2 aromatic rings. The van der Waals surface area contributed by atoms with Crippen LogP contribution >= 0.6 is 22.6 Å². The van der Waals surface area contributed by atoms with Gasteiger partial charge in [-0.15, -0.1) is 0 Å². The molecule has 0 radical (unpaired) electrons. The van der Waals surface area contributed by atoms with Crippen LogP contribution in [0.5, 0.6) is 0 Å². The standard InChI is InChI=1S/C14H13IN2O/c1-10-2-4-11(5-3-10)8-14(18)17-13-7-6-12(15)9-16-13/h2-7,9H,8H2,1H3,(H,16,17,18). The number of hydrogen-bond acceptors (Lipinski definition) is 2. The molecule has 1 aromatic carbocycles. The van der Waals surface area contributed by atoms with E-state index in [2.05, 4.69) is 32.9 Å². The van der Waals surface area contributed by atoms with Crippen LogP contribution < -0.4 is 5.32 Å². The summed E-state index contributed by atoms with van der Waals surface area (Å²) in [7, 11) is 0. The zero-order chi connectivity index (χ0) is 13.0. The Morgan fingerprint density at radius 1 is 1.22 bits per heavy atom. The molecule has 1 aromatic heterocycles. The Morgan fingerprint density at radius 3 is 2.56 bits per heavy atom. The van der Waals surface area contributed by atoms with Crippen molar-refractivity contribution in [3.8, 4) is 0 Å². The Morgan fingerprint density at radius 2 is 1.94 bits per heavy atom. The summed E-state index contributed by atoms with van der Waals surface area (Å²) in [4.78, 5) is 15.9. The molecule has 1 amide bonds. The van der Waals surface area contributed by atoms with Crippen molar-refractivity contribution in [3.63, 3.8) is 0 Å². The molecule has 0 aliphatic heterocycles. The number of hydrogen-bond donors (Lipinski definition) is 1. The summed E-state index contributed by atoms with van der Waals surface area (Å²) in [5, 5.41) is 2.78. The van der Waals surface area contributed by atoms with E-state index >= 15 is 0 Å². The number of pyridine rings is 1. The first kappa shape index (κ1) is 13.0. The van der Waals surface area contributed by atoms with Crippen molar-refractivity contribution in [1.82, 2.24) is 4.98 Å². The predicted molar refractivity (Wildman–Crippen MR) is 80.5 cm³/mol. The number of rotatable bonds is 3. The van der Waals surface area contributed by atoms with E-state index < -0.39 is 0 Å². The van der Waals surface area contributed by atoms with Gasteiger partial charge in [-0.1, -0.05) is 29.8 Å². The number of aryl methyl sites for hydroxylation is 1. The minimum absolute atomic E-state index is 0.0486. The molecule has 1 heterocycles. The van der Waals surface area contributed by atoms with Crippen LogP contribution in [0.4, 0.5) is 5.82 Å². The molecule has 4 heteroatoms. The Kier molecular flexibility index (Phi) is 4.30. The van der Waals surface area contributed by atoms with Crippen LogP contribution in [0.15, 0.2) is 42.6 Å². The maximum absolute atomic E-state index is 11.8. The predicted octanol–water partition coefficient (Wildman–Crippen LogP) is 3.18. The quantitative estimate of drug-likeness (QED) is 0.863. The third-order valence-corrected chi connectivity index (χ3v) is 3.12. The van der Waals surface area contributed by atoms with E-state index in [4.69, 9.17) is 0 Å². The highest BCUT2D eigenvalue weighted by Crippen LogP contribution is 2.09. The lowest BCUT2D eigenvalue weighted by Crippen LogP contribution is -2.15. The fourth-order valence-electron chi connectivity index (χ4n) is 1.53. The van der Waals surface area contributed by atoms with E-state index in [1.165, 1.54) is 5.56 Å². The van der Waals surface area contributed by atoms with Crippen LogP contribution in [-0.2, 0) is 11.2 Å². The van der Waals surface area contributed by atoms with Gasteiger partial charge in [0.1, 0.15) is 5.82 Å². The van der Waals surface area contributed by atoms with Gasteiger partial charge in [0.25, 0.3) is 0 Å². The highest BCUT2D eigenvalue weighted by molar-refractivity contribution is 14.1. The Bertz CT molecular complexity index is 485. The van der Waals surface area contributed by atoms with Gasteiger partial charge in [0.05, 0.1) is 6.42 Å². The number of aromatic nitrogens is 1. The lowest BCUT2D eigenvalue weighted by atomic mass is 10.1. The van der Waals surface area contributed by atoms with Crippen LogP contribution in [0.1, 0.15) is 11.1 Å². The topological polar surface area (TPSA) is 42.0 Å². The lowest BCUT2D eigenvalue weighted by Gasteiger charge is -2.04. The minimum Gasteiger partial charge on any atom is -0.310 e. The van der Waals surface area contributed by atoms with Crippen molar-refractivity contribution in [1.29, 1.82) is 0 Å². The normalized spacial score (nSPS) is 10.1.